The lowest BCUT2D eigenvalue weighted by atomic mass is 9.74. The van der Waals surface area contributed by atoms with Crippen molar-refractivity contribution in [1.29, 1.82) is 0 Å². The topological polar surface area (TPSA) is 61.9 Å². The number of piperidine rings is 1. The van der Waals surface area contributed by atoms with Crippen LogP contribution in [0.4, 0.5) is 4.79 Å². The van der Waals surface area contributed by atoms with Gasteiger partial charge < -0.3 is 19.9 Å². The predicted octanol–water partition coefficient (Wildman–Crippen LogP) is 4.09. The molecule has 1 aromatic rings. The van der Waals surface area contributed by atoms with E-state index in [-0.39, 0.29) is 23.3 Å². The molecule has 3 heterocycles. The van der Waals surface area contributed by atoms with Gasteiger partial charge in [0.1, 0.15) is 0 Å². The van der Waals surface area contributed by atoms with Crippen molar-refractivity contribution in [3.63, 3.8) is 0 Å². The highest BCUT2D eigenvalue weighted by molar-refractivity contribution is 6.35. The lowest BCUT2D eigenvalue weighted by molar-refractivity contribution is -0.126. The smallest absolute Gasteiger partial charge is 0.319 e. The Morgan fingerprint density at radius 3 is 2.32 bits per heavy atom. The molecule has 3 saturated heterocycles. The Balaban J connectivity index is 1.35. The molecule has 0 atom stereocenters. The summed E-state index contributed by atoms with van der Waals surface area (Å²) in [6.45, 7) is 4.84. The van der Waals surface area contributed by atoms with Gasteiger partial charge in [-0.05, 0) is 56.2 Å². The van der Waals surface area contributed by atoms with Crippen LogP contribution in [0.5, 0.6) is 0 Å². The van der Waals surface area contributed by atoms with E-state index < -0.39 is 0 Å². The molecule has 0 bridgehead atoms. The molecule has 6 nitrogen and oxygen atoms in total. The van der Waals surface area contributed by atoms with Gasteiger partial charge in [-0.15, -0.1) is 0 Å². The van der Waals surface area contributed by atoms with Gasteiger partial charge in [0.25, 0.3) is 0 Å². The molecule has 3 amide bonds. The summed E-state index contributed by atoms with van der Waals surface area (Å²) in [5.41, 5.74) is 0.773. The number of likely N-dealkylation sites (tertiary alicyclic amines) is 2. The molecule has 31 heavy (non-hydrogen) atoms. The van der Waals surface area contributed by atoms with Crippen LogP contribution in [-0.4, -0.2) is 67.7 Å². The lowest BCUT2D eigenvalue weighted by Gasteiger charge is -2.39. The van der Waals surface area contributed by atoms with Crippen LogP contribution in [0.15, 0.2) is 18.2 Å². The molecule has 3 fully saturated rings. The highest BCUT2D eigenvalue weighted by Crippen LogP contribution is 2.39. The quantitative estimate of drug-likeness (QED) is 0.725. The monoisotopic (exact) mass is 467 g/mol. The molecular weight excluding hydrogens is 437 g/mol. The number of benzene rings is 1. The molecule has 3 aliphatic heterocycles. The minimum atomic E-state index is -0.248. The van der Waals surface area contributed by atoms with Gasteiger partial charge >= 0.3 is 6.03 Å². The predicted molar refractivity (Wildman–Crippen MR) is 122 cm³/mol. The van der Waals surface area contributed by atoms with E-state index in [4.69, 9.17) is 27.9 Å². The zero-order valence-corrected chi connectivity index (χ0v) is 19.4. The van der Waals surface area contributed by atoms with Gasteiger partial charge in [0.05, 0.1) is 0 Å². The third-order valence-electron chi connectivity index (χ3n) is 7.07. The number of hydrogen-bond acceptors (Lipinski definition) is 3. The Labute approximate surface area is 194 Å². The Kier molecular flexibility index (Phi) is 7.29. The van der Waals surface area contributed by atoms with Crippen LogP contribution in [0.1, 0.15) is 44.1 Å². The molecule has 1 aromatic carbocycles. The highest BCUT2D eigenvalue weighted by Gasteiger charge is 2.38. The highest BCUT2D eigenvalue weighted by atomic mass is 35.5. The first-order valence-electron chi connectivity index (χ1n) is 11.3. The Bertz CT molecular complexity index is 799. The van der Waals surface area contributed by atoms with Crippen molar-refractivity contribution < 1.29 is 14.3 Å². The molecule has 170 valence electrons. The number of hydrogen-bond donors (Lipinski definition) is 1. The van der Waals surface area contributed by atoms with E-state index in [0.717, 1.165) is 44.3 Å². The van der Waals surface area contributed by atoms with Crippen LogP contribution in [0.2, 0.25) is 10.0 Å². The molecule has 0 spiro atoms. The fourth-order valence-corrected chi connectivity index (χ4v) is 5.67. The van der Waals surface area contributed by atoms with Gasteiger partial charge in [0, 0.05) is 67.3 Å². The first-order valence-corrected chi connectivity index (χ1v) is 12.1. The van der Waals surface area contributed by atoms with Gasteiger partial charge in [-0.25, -0.2) is 4.79 Å². The normalized spacial score (nSPS) is 21.9. The van der Waals surface area contributed by atoms with E-state index >= 15 is 0 Å². The third-order valence-corrected chi connectivity index (χ3v) is 7.61. The molecule has 4 rings (SSSR count). The van der Waals surface area contributed by atoms with Gasteiger partial charge in [-0.2, -0.15) is 0 Å². The van der Waals surface area contributed by atoms with E-state index in [1.54, 1.807) is 6.07 Å². The minimum Gasteiger partial charge on any atom is -0.381 e. The summed E-state index contributed by atoms with van der Waals surface area (Å²) >= 11 is 12.6. The lowest BCUT2D eigenvalue weighted by Crippen LogP contribution is -2.50. The average Bonchev–Trinajstić information content (AvgIpc) is 3.33. The number of nitrogens with one attached hydrogen (secondary N) is 1. The maximum Gasteiger partial charge on any atom is 0.319 e. The van der Waals surface area contributed by atoms with Crippen molar-refractivity contribution in [1.82, 2.24) is 15.1 Å². The largest absolute Gasteiger partial charge is 0.381 e. The summed E-state index contributed by atoms with van der Waals surface area (Å²) in [5, 5.41) is 4.45. The van der Waals surface area contributed by atoms with E-state index in [2.05, 4.69) is 5.32 Å². The Morgan fingerprint density at radius 2 is 1.68 bits per heavy atom. The number of amides is 3. The molecule has 0 unspecified atom stereocenters. The van der Waals surface area contributed by atoms with Crippen LogP contribution in [-0.2, 0) is 14.9 Å². The maximum absolute atomic E-state index is 13.0. The van der Waals surface area contributed by atoms with Crippen molar-refractivity contribution in [2.45, 2.75) is 43.9 Å². The van der Waals surface area contributed by atoms with Gasteiger partial charge in [0.2, 0.25) is 5.91 Å². The molecule has 0 aromatic heterocycles. The third kappa shape index (κ3) is 5.12. The number of nitrogens with zero attached hydrogens (tertiary/aromatic N) is 2. The minimum absolute atomic E-state index is 0.0554. The summed E-state index contributed by atoms with van der Waals surface area (Å²) < 4.78 is 5.59. The van der Waals surface area contributed by atoms with Crippen molar-refractivity contribution in [3.05, 3.63) is 33.8 Å². The fourth-order valence-electron chi connectivity index (χ4n) is 5.07. The van der Waals surface area contributed by atoms with Crippen molar-refractivity contribution in [3.8, 4) is 0 Å². The SMILES string of the molecule is O=C(NCC1(c2ccc(Cl)cc2Cl)CCOCC1)C1CCN(C(=O)N2CCCC2)CC1. The first-order chi connectivity index (χ1) is 15.0. The Morgan fingerprint density at radius 1 is 1.03 bits per heavy atom. The van der Waals surface area contributed by atoms with Crippen LogP contribution in [0, 0.1) is 5.92 Å². The summed E-state index contributed by atoms with van der Waals surface area (Å²) in [7, 11) is 0. The number of halogens is 2. The maximum atomic E-state index is 13.0. The van der Waals surface area contributed by atoms with Crippen molar-refractivity contribution in [2.75, 3.05) is 45.9 Å². The van der Waals surface area contributed by atoms with Crippen molar-refractivity contribution >= 4 is 35.1 Å². The van der Waals surface area contributed by atoms with E-state index in [0.29, 0.717) is 55.7 Å². The van der Waals surface area contributed by atoms with E-state index in [1.807, 2.05) is 21.9 Å². The number of urea groups is 1. The zero-order chi connectivity index (χ0) is 21.8. The standard InChI is InChI=1S/C23H31Cl2N3O3/c24-18-3-4-19(20(25)15-18)23(7-13-31-14-8-23)16-26-21(29)17-5-11-28(12-6-17)22(30)27-9-1-2-10-27/h3-4,15,17H,1-2,5-14,16H2,(H,26,29). The first kappa shape index (κ1) is 22.7. The fraction of sp³-hybridized carbons (Fsp3) is 0.652. The van der Waals surface area contributed by atoms with E-state index in [1.165, 1.54) is 0 Å². The second kappa shape index (κ2) is 9.97. The number of carbonyl (C=O) groups excluding carboxylic acids is 2. The van der Waals surface area contributed by atoms with Gasteiger partial charge in [-0.1, -0.05) is 29.3 Å². The summed E-state index contributed by atoms with van der Waals surface area (Å²) in [5.74, 6) is 0.0180. The number of carbonyl (C=O) groups is 2. The molecule has 0 aliphatic carbocycles. The van der Waals surface area contributed by atoms with Crippen LogP contribution >= 0.6 is 23.2 Å². The second-order valence-electron chi connectivity index (χ2n) is 8.97. The van der Waals surface area contributed by atoms with E-state index in [9.17, 15) is 9.59 Å². The summed E-state index contributed by atoms with van der Waals surface area (Å²) in [6, 6.07) is 5.74. The number of ether oxygens (including phenoxy) is 1. The van der Waals surface area contributed by atoms with Crippen molar-refractivity contribution in [2.24, 2.45) is 5.92 Å². The second-order valence-corrected chi connectivity index (χ2v) is 9.82. The molecule has 0 radical (unpaired) electrons. The molecule has 8 heteroatoms. The zero-order valence-electron chi connectivity index (χ0n) is 17.9. The molecule has 0 saturated carbocycles. The van der Waals surface area contributed by atoms with Gasteiger partial charge in [0.15, 0.2) is 0 Å². The Hall–Kier alpha value is -1.50. The van der Waals surface area contributed by atoms with Crippen LogP contribution in [0.3, 0.4) is 0 Å². The molecular formula is C23H31Cl2N3O3. The molecule has 3 aliphatic rings. The summed E-state index contributed by atoms with van der Waals surface area (Å²) in [6.07, 6.45) is 5.21. The number of rotatable bonds is 4. The summed E-state index contributed by atoms with van der Waals surface area (Å²) in [4.78, 5) is 29.4. The average molecular weight is 468 g/mol. The van der Waals surface area contributed by atoms with Crippen LogP contribution in [0.25, 0.3) is 0 Å². The van der Waals surface area contributed by atoms with Crippen LogP contribution < -0.4 is 5.32 Å². The van der Waals surface area contributed by atoms with Gasteiger partial charge in [-0.3, -0.25) is 4.79 Å². The molecule has 1 N–H and O–H groups in total.